The normalized spacial score (nSPS) is 32.6. The van der Waals surface area contributed by atoms with Gasteiger partial charge in [-0.05, 0) is 72.8 Å². The van der Waals surface area contributed by atoms with Gasteiger partial charge in [-0.1, -0.05) is 57.4 Å². The lowest BCUT2D eigenvalue weighted by Crippen LogP contribution is -2.25. The first-order chi connectivity index (χ1) is 11.0. The maximum atomic E-state index is 4.22. The maximum Gasteiger partial charge on any atom is -0.0235 e. The van der Waals surface area contributed by atoms with Crippen LogP contribution in [-0.2, 0) is 0 Å². The molecule has 2 saturated carbocycles. The van der Waals surface area contributed by atoms with Crippen LogP contribution in [0.4, 0.5) is 0 Å². The highest BCUT2D eigenvalue weighted by molar-refractivity contribution is 7.30. The fraction of sp³-hybridized carbons (Fsp3) is 0.714. The third-order valence-corrected chi connectivity index (χ3v) is 7.43. The van der Waals surface area contributed by atoms with Crippen molar-refractivity contribution in [3.63, 3.8) is 0 Å². The minimum Gasteiger partial charge on any atom is -0.106 e. The molecule has 0 aromatic carbocycles. The number of hydrogen-bond donors (Lipinski definition) is 0. The first-order valence-corrected chi connectivity index (χ1v) is 10.7. The van der Waals surface area contributed by atoms with Gasteiger partial charge < -0.3 is 0 Å². The Balaban J connectivity index is 1.68. The lowest BCUT2D eigenvalue weighted by molar-refractivity contribution is 0.148. The highest BCUT2D eigenvalue weighted by Gasteiger charge is 2.29. The molecule has 0 spiro atoms. The van der Waals surface area contributed by atoms with Gasteiger partial charge in [0.15, 0.2) is 0 Å². The molecule has 2 aliphatic rings. The minimum atomic E-state index is 0.936. The average molecular weight is 350 g/mol. The molecule has 0 saturated heterocycles. The summed E-state index contributed by atoms with van der Waals surface area (Å²) in [6.07, 6.45) is 16.5. The molecule has 0 heterocycles. The van der Waals surface area contributed by atoms with Crippen molar-refractivity contribution in [1.29, 1.82) is 0 Å². The second-order valence-electron chi connectivity index (χ2n) is 8.12. The van der Waals surface area contributed by atoms with Gasteiger partial charge >= 0.3 is 0 Å². The molecule has 0 aromatic heterocycles. The first-order valence-electron chi connectivity index (χ1n) is 9.55. The Labute approximate surface area is 149 Å². The summed E-state index contributed by atoms with van der Waals surface area (Å²) in [5, 5.41) is 2.20. The molecule has 0 amide bonds. The van der Waals surface area contributed by atoms with E-state index in [1.807, 2.05) is 0 Å². The summed E-state index contributed by atoms with van der Waals surface area (Å²) in [6.45, 7) is 10.6. The third kappa shape index (κ3) is 6.48. The molecule has 2 fully saturated rings. The highest BCUT2D eigenvalue weighted by atomic mass is 31.0. The molecule has 0 aromatic rings. The highest BCUT2D eigenvalue weighted by Crippen LogP contribution is 2.42. The fourth-order valence-electron chi connectivity index (χ4n) is 4.48. The summed E-state index contributed by atoms with van der Waals surface area (Å²) in [4.78, 5) is 0. The van der Waals surface area contributed by atoms with E-state index < -0.39 is 0 Å². The van der Waals surface area contributed by atoms with E-state index in [4.69, 9.17) is 0 Å². The van der Waals surface area contributed by atoms with Crippen molar-refractivity contribution in [2.75, 3.05) is 0 Å². The predicted molar refractivity (Wildman–Crippen MR) is 112 cm³/mol. The molecule has 130 valence electrons. The smallest absolute Gasteiger partial charge is 0.0235 e. The van der Waals surface area contributed by atoms with E-state index in [0.717, 1.165) is 40.7 Å². The van der Waals surface area contributed by atoms with Gasteiger partial charge in [0.25, 0.3) is 0 Å². The van der Waals surface area contributed by atoms with Crippen LogP contribution in [0.5, 0.6) is 0 Å². The second-order valence-corrected chi connectivity index (χ2v) is 9.44. The van der Waals surface area contributed by atoms with Crippen LogP contribution < -0.4 is 0 Å². The predicted octanol–water partition coefficient (Wildman–Crippen LogP) is 7.10. The largest absolute Gasteiger partial charge is 0.106 e. The summed E-state index contributed by atoms with van der Waals surface area (Å²) in [7, 11) is 5.42. The van der Waals surface area contributed by atoms with Crippen LogP contribution in [0.3, 0.4) is 0 Å². The van der Waals surface area contributed by atoms with Crippen molar-refractivity contribution in [3.8, 4) is 0 Å². The van der Waals surface area contributed by atoms with Crippen molar-refractivity contribution in [3.05, 3.63) is 35.4 Å². The molecule has 23 heavy (non-hydrogen) atoms. The van der Waals surface area contributed by atoms with E-state index in [1.54, 1.807) is 0 Å². The van der Waals surface area contributed by atoms with Gasteiger partial charge in [0, 0.05) is 0 Å². The van der Waals surface area contributed by atoms with Crippen molar-refractivity contribution in [2.45, 2.75) is 71.1 Å². The van der Waals surface area contributed by atoms with E-state index in [0.29, 0.717) is 0 Å². The number of allylic oxidation sites excluding steroid dienone is 4. The summed E-state index contributed by atoms with van der Waals surface area (Å²) in [6, 6.07) is 0. The Hall–Kier alpha value is 0.0800. The lowest BCUT2D eigenvalue weighted by atomic mass is 9.69. The Kier molecular flexibility index (Phi) is 8.04. The molecule has 0 N–H and O–H groups in total. The molecule has 0 radical (unpaired) electrons. The molecule has 2 aliphatic carbocycles. The zero-order valence-electron chi connectivity index (χ0n) is 15.0. The van der Waals surface area contributed by atoms with Crippen molar-refractivity contribution in [2.24, 2.45) is 23.7 Å². The Morgan fingerprint density at radius 3 is 1.96 bits per heavy atom. The molecular weight excluding hydrogens is 314 g/mol. The summed E-state index contributed by atoms with van der Waals surface area (Å²) >= 11 is 0. The summed E-state index contributed by atoms with van der Waals surface area (Å²) in [5.74, 6) is 4.02. The van der Waals surface area contributed by atoms with Crippen LogP contribution in [0.25, 0.3) is 0 Å². The molecular formula is C21H36P2. The van der Waals surface area contributed by atoms with Gasteiger partial charge in [0.1, 0.15) is 0 Å². The molecule has 0 nitrogen and oxygen atoms in total. The van der Waals surface area contributed by atoms with Crippen molar-refractivity contribution < 1.29 is 0 Å². The van der Waals surface area contributed by atoms with Crippen LogP contribution in [0.2, 0.25) is 0 Å². The Morgan fingerprint density at radius 2 is 1.43 bits per heavy atom. The average Bonchev–Trinajstić information content (AvgIpc) is 2.54. The summed E-state index contributed by atoms with van der Waals surface area (Å²) < 4.78 is 0. The zero-order chi connectivity index (χ0) is 16.8. The monoisotopic (exact) mass is 350 g/mol. The first kappa shape index (κ1) is 19.4. The number of rotatable bonds is 6. The van der Waals surface area contributed by atoms with Crippen molar-refractivity contribution >= 4 is 18.5 Å². The van der Waals surface area contributed by atoms with Gasteiger partial charge in [-0.3, -0.25) is 0 Å². The lowest BCUT2D eigenvalue weighted by Gasteiger charge is -2.37. The van der Waals surface area contributed by atoms with E-state index >= 15 is 0 Å². The van der Waals surface area contributed by atoms with E-state index in [2.05, 4.69) is 44.6 Å². The molecule has 0 aliphatic heterocycles. The van der Waals surface area contributed by atoms with Crippen LogP contribution in [0.1, 0.15) is 71.1 Å². The Morgan fingerprint density at radius 1 is 0.913 bits per heavy atom. The fourth-order valence-corrected chi connectivity index (χ4v) is 4.80. The van der Waals surface area contributed by atoms with E-state index in [-0.39, 0.29) is 0 Å². The molecule has 0 bridgehead atoms. The van der Waals surface area contributed by atoms with Gasteiger partial charge in [-0.2, -0.15) is 0 Å². The topological polar surface area (TPSA) is 0 Å². The van der Waals surface area contributed by atoms with Crippen molar-refractivity contribution in [1.82, 2.24) is 0 Å². The van der Waals surface area contributed by atoms with Gasteiger partial charge in [-0.25, -0.2) is 0 Å². The molecule has 2 rings (SSSR count). The van der Waals surface area contributed by atoms with Crippen LogP contribution in [-0.4, -0.2) is 0 Å². The quantitative estimate of drug-likeness (QED) is 0.354. The maximum absolute atomic E-state index is 4.22. The van der Waals surface area contributed by atoms with Crippen LogP contribution in [0.15, 0.2) is 35.4 Å². The van der Waals surface area contributed by atoms with Crippen LogP contribution in [0, 0.1) is 23.7 Å². The Bertz CT molecular complexity index is 433. The number of hydrogen-bond acceptors (Lipinski definition) is 0. The van der Waals surface area contributed by atoms with Gasteiger partial charge in [-0.15, -0.1) is 18.5 Å². The summed E-state index contributed by atoms with van der Waals surface area (Å²) in [5.41, 5.74) is 1.25. The molecule has 2 unspecified atom stereocenters. The molecule has 2 heteroatoms. The second kappa shape index (κ2) is 9.53. The van der Waals surface area contributed by atoms with Crippen LogP contribution >= 0.6 is 18.5 Å². The zero-order valence-corrected chi connectivity index (χ0v) is 17.3. The van der Waals surface area contributed by atoms with Gasteiger partial charge in [0.2, 0.25) is 0 Å². The van der Waals surface area contributed by atoms with E-state index in [9.17, 15) is 0 Å². The minimum absolute atomic E-state index is 0.936. The van der Waals surface area contributed by atoms with E-state index in [1.165, 1.54) is 63.4 Å². The standard InChI is InChI=1S/C21H36P2/c1-15-5-10-19(11-6-15)20-12-8-18(9-13-20)7-4-16(2)14-21(23)17(3)22/h14-15,18-20H,2-13,22-23H2,1H3/b21-14+. The molecule has 2 atom stereocenters. The van der Waals surface area contributed by atoms with Gasteiger partial charge in [0.05, 0.1) is 0 Å². The third-order valence-electron chi connectivity index (χ3n) is 6.22. The SMILES string of the molecule is C=C(/C=C(/P)C(=C)P)CCC1CCC(C2CCC(C)CC2)CC1.